The number of carbonyl (C=O) groups excluding carboxylic acids is 1. The van der Waals surface area contributed by atoms with Crippen LogP contribution in [0.1, 0.15) is 25.5 Å². The van der Waals surface area contributed by atoms with Crippen LogP contribution in [-0.4, -0.2) is 46.8 Å². The van der Waals surface area contributed by atoms with E-state index in [0.717, 1.165) is 5.56 Å². The highest BCUT2D eigenvalue weighted by Gasteiger charge is 2.45. The summed E-state index contributed by atoms with van der Waals surface area (Å²) in [7, 11) is 0. The fourth-order valence-electron chi connectivity index (χ4n) is 3.26. The topological polar surface area (TPSA) is 75.5 Å². The summed E-state index contributed by atoms with van der Waals surface area (Å²) in [4.78, 5) is 15.9. The summed E-state index contributed by atoms with van der Waals surface area (Å²) in [6.07, 6.45) is 3.32. The monoisotopic (exact) mass is 345 g/mol. The zero-order valence-corrected chi connectivity index (χ0v) is 14.5. The molecule has 0 N–H and O–H groups in total. The lowest BCUT2D eigenvalue weighted by Gasteiger charge is -2.42. The predicted octanol–water partition coefficient (Wildman–Crippen LogP) is 2.00. The van der Waals surface area contributed by atoms with Gasteiger partial charge in [0.15, 0.2) is 0 Å². The number of aromatic nitrogens is 3. The highest BCUT2D eigenvalue weighted by Crippen LogP contribution is 2.36. The summed E-state index contributed by atoms with van der Waals surface area (Å²) >= 11 is 0. The Bertz CT molecular complexity index is 669. The van der Waals surface area contributed by atoms with Crippen LogP contribution in [0.25, 0.3) is 0 Å². The summed E-state index contributed by atoms with van der Waals surface area (Å²) in [6, 6.07) is 9.83. The third kappa shape index (κ3) is 4.24. The maximum absolute atomic E-state index is 11.8. The number of rotatable bonds is 6. The molecule has 134 valence electrons. The molecule has 0 bridgehead atoms. The first-order valence-corrected chi connectivity index (χ1v) is 8.29. The zero-order valence-electron chi connectivity index (χ0n) is 14.5. The number of esters is 1. The van der Waals surface area contributed by atoms with Gasteiger partial charge in [0, 0.05) is 6.92 Å². The average Bonchev–Trinajstić information content (AvgIpc) is 3.14. The van der Waals surface area contributed by atoms with Gasteiger partial charge in [-0.3, -0.25) is 4.79 Å². The van der Waals surface area contributed by atoms with Gasteiger partial charge in [0.05, 0.1) is 24.7 Å². The van der Waals surface area contributed by atoms with Gasteiger partial charge < -0.3 is 14.2 Å². The molecule has 0 spiro atoms. The minimum Gasteiger partial charge on any atom is -0.459 e. The zero-order chi connectivity index (χ0) is 17.7. The molecule has 2 unspecified atom stereocenters. The Morgan fingerprint density at radius 1 is 1.32 bits per heavy atom. The van der Waals surface area contributed by atoms with Gasteiger partial charge in [0.2, 0.25) is 0 Å². The largest absolute Gasteiger partial charge is 0.459 e. The number of hydrogen-bond donors (Lipinski definition) is 0. The van der Waals surface area contributed by atoms with Crippen molar-refractivity contribution in [1.82, 2.24) is 14.8 Å². The maximum Gasteiger partial charge on any atom is 0.303 e. The number of carbonyl (C=O) groups is 1. The second kappa shape index (κ2) is 7.76. The van der Waals surface area contributed by atoms with Crippen molar-refractivity contribution in [3.8, 4) is 0 Å². The highest BCUT2D eigenvalue weighted by molar-refractivity contribution is 5.66. The molecule has 0 saturated carbocycles. The molecule has 0 radical (unpaired) electrons. The lowest BCUT2D eigenvalue weighted by Crippen LogP contribution is -2.50. The van der Waals surface area contributed by atoms with E-state index in [4.69, 9.17) is 14.2 Å². The molecular weight excluding hydrogens is 322 g/mol. The number of ether oxygens (including phenoxy) is 3. The standard InChI is InChI=1S/C18H23N3O4/c1-14(22)25-17(18(2)9-23-13-24-10-18)16(21-12-19-11-20-21)8-15-6-4-3-5-7-15/h3-7,11-12,16-17H,8-10,13H2,1-2H3. The molecule has 1 aromatic heterocycles. The normalized spacial score (nSPS) is 19.1. The van der Waals surface area contributed by atoms with Gasteiger partial charge in [-0.1, -0.05) is 37.3 Å². The second-order valence-electron chi connectivity index (χ2n) is 6.63. The SMILES string of the molecule is CC(=O)OC(C(Cc1ccccc1)n1cncn1)C1(C)COCOC1. The van der Waals surface area contributed by atoms with E-state index in [0.29, 0.717) is 19.6 Å². The van der Waals surface area contributed by atoms with Gasteiger partial charge in [0.1, 0.15) is 25.6 Å². The molecular formula is C18H23N3O4. The molecule has 7 nitrogen and oxygen atoms in total. The van der Waals surface area contributed by atoms with Crippen molar-refractivity contribution < 1.29 is 19.0 Å². The molecule has 1 fully saturated rings. The molecule has 3 rings (SSSR count). The molecule has 2 aromatic rings. The lowest BCUT2D eigenvalue weighted by atomic mass is 9.79. The number of benzene rings is 1. The van der Waals surface area contributed by atoms with E-state index in [2.05, 4.69) is 10.1 Å². The Balaban J connectivity index is 1.95. The van der Waals surface area contributed by atoms with E-state index in [9.17, 15) is 4.79 Å². The Morgan fingerprint density at radius 2 is 2.04 bits per heavy atom. The Labute approximate surface area is 146 Å². The quantitative estimate of drug-likeness (QED) is 0.746. The van der Waals surface area contributed by atoms with E-state index in [1.807, 2.05) is 37.3 Å². The van der Waals surface area contributed by atoms with Crippen LogP contribution in [0, 0.1) is 5.41 Å². The van der Waals surface area contributed by atoms with E-state index in [1.165, 1.54) is 13.3 Å². The molecule has 1 aromatic carbocycles. The second-order valence-corrected chi connectivity index (χ2v) is 6.63. The molecule has 1 saturated heterocycles. The third-order valence-electron chi connectivity index (χ3n) is 4.42. The van der Waals surface area contributed by atoms with E-state index >= 15 is 0 Å². The lowest BCUT2D eigenvalue weighted by molar-refractivity contribution is -0.208. The van der Waals surface area contributed by atoms with Gasteiger partial charge in [-0.15, -0.1) is 0 Å². The maximum atomic E-state index is 11.8. The number of nitrogens with zero attached hydrogens (tertiary/aromatic N) is 3. The van der Waals surface area contributed by atoms with Crippen molar-refractivity contribution in [3.63, 3.8) is 0 Å². The molecule has 7 heteroatoms. The van der Waals surface area contributed by atoms with Crippen molar-refractivity contribution in [2.24, 2.45) is 5.41 Å². The summed E-state index contributed by atoms with van der Waals surface area (Å²) < 4.78 is 18.5. The van der Waals surface area contributed by atoms with Gasteiger partial charge in [-0.2, -0.15) is 5.10 Å². The molecule has 2 atom stereocenters. The Hall–Kier alpha value is -2.25. The van der Waals surface area contributed by atoms with Gasteiger partial charge in [-0.05, 0) is 12.0 Å². The van der Waals surface area contributed by atoms with E-state index in [-0.39, 0.29) is 18.8 Å². The fourth-order valence-corrected chi connectivity index (χ4v) is 3.26. The first-order valence-electron chi connectivity index (χ1n) is 8.29. The summed E-state index contributed by atoms with van der Waals surface area (Å²) in [6.45, 7) is 4.58. The van der Waals surface area contributed by atoms with Crippen molar-refractivity contribution in [2.75, 3.05) is 20.0 Å². The van der Waals surface area contributed by atoms with Crippen molar-refractivity contribution in [1.29, 1.82) is 0 Å². The van der Waals surface area contributed by atoms with Crippen LogP contribution in [0.5, 0.6) is 0 Å². The van der Waals surface area contributed by atoms with Gasteiger partial charge in [-0.25, -0.2) is 9.67 Å². The first-order chi connectivity index (χ1) is 12.1. The van der Waals surface area contributed by atoms with Crippen LogP contribution in [0.4, 0.5) is 0 Å². The van der Waals surface area contributed by atoms with Crippen LogP contribution < -0.4 is 0 Å². The predicted molar refractivity (Wildman–Crippen MR) is 89.6 cm³/mol. The Morgan fingerprint density at radius 3 is 2.64 bits per heavy atom. The summed E-state index contributed by atoms with van der Waals surface area (Å²) in [5, 5.41) is 4.30. The smallest absolute Gasteiger partial charge is 0.303 e. The molecule has 25 heavy (non-hydrogen) atoms. The van der Waals surface area contributed by atoms with Crippen molar-refractivity contribution in [3.05, 3.63) is 48.5 Å². The van der Waals surface area contributed by atoms with Crippen LogP contribution in [0.15, 0.2) is 43.0 Å². The van der Waals surface area contributed by atoms with Gasteiger partial charge >= 0.3 is 5.97 Å². The van der Waals surface area contributed by atoms with Crippen LogP contribution in [0.3, 0.4) is 0 Å². The highest BCUT2D eigenvalue weighted by atomic mass is 16.7. The molecule has 1 aliphatic heterocycles. The molecule has 2 heterocycles. The van der Waals surface area contributed by atoms with E-state index < -0.39 is 11.5 Å². The first kappa shape index (κ1) is 17.6. The summed E-state index contributed by atoms with van der Waals surface area (Å²) in [5.74, 6) is -0.338. The van der Waals surface area contributed by atoms with Crippen molar-refractivity contribution in [2.45, 2.75) is 32.4 Å². The van der Waals surface area contributed by atoms with Gasteiger partial charge in [0.25, 0.3) is 0 Å². The molecule has 1 aliphatic rings. The van der Waals surface area contributed by atoms with Crippen LogP contribution in [0.2, 0.25) is 0 Å². The minimum absolute atomic E-state index is 0.218. The third-order valence-corrected chi connectivity index (χ3v) is 4.42. The number of hydrogen-bond acceptors (Lipinski definition) is 6. The van der Waals surface area contributed by atoms with Crippen LogP contribution >= 0.6 is 0 Å². The minimum atomic E-state index is -0.477. The average molecular weight is 345 g/mol. The molecule has 0 aliphatic carbocycles. The summed E-state index contributed by atoms with van der Waals surface area (Å²) in [5.41, 5.74) is 0.649. The van der Waals surface area contributed by atoms with Crippen LogP contribution in [-0.2, 0) is 25.4 Å². The molecule has 0 amide bonds. The Kier molecular flexibility index (Phi) is 5.45. The van der Waals surface area contributed by atoms with E-state index in [1.54, 1.807) is 11.0 Å². The fraction of sp³-hybridized carbons (Fsp3) is 0.500. The van der Waals surface area contributed by atoms with Crippen molar-refractivity contribution >= 4 is 5.97 Å².